The molecule has 0 bridgehead atoms. The molecule has 0 heterocycles. The molecular weight excluding hydrogens is 124 g/mol. The average Bonchev–Trinajstić information content (AvgIpc) is 2.15. The van der Waals surface area contributed by atoms with Crippen LogP contribution >= 0.6 is 0 Å². The molecule has 0 aliphatic heterocycles. The second kappa shape index (κ2) is 2.57. The van der Waals surface area contributed by atoms with Crippen LogP contribution in [0.15, 0.2) is 12.2 Å². The largest absolute Gasteiger partial charge is 0.299 e. The van der Waals surface area contributed by atoms with Crippen LogP contribution < -0.4 is 0 Å². The van der Waals surface area contributed by atoms with Crippen LogP contribution in [0.25, 0.3) is 0 Å². The zero-order chi connectivity index (χ0) is 7.61. The highest BCUT2D eigenvalue weighted by atomic mass is 16.1. The third kappa shape index (κ3) is 1.13. The van der Waals surface area contributed by atoms with E-state index in [1.54, 1.807) is 0 Å². The topological polar surface area (TPSA) is 17.1 Å². The molecule has 0 unspecified atom stereocenters. The molecule has 1 aliphatic carbocycles. The van der Waals surface area contributed by atoms with E-state index in [1.165, 1.54) is 0 Å². The smallest absolute Gasteiger partial charge is 0.142 e. The molecule has 1 nitrogen and oxygen atoms in total. The van der Waals surface area contributed by atoms with Crippen LogP contribution in [-0.4, -0.2) is 5.78 Å². The summed E-state index contributed by atoms with van der Waals surface area (Å²) in [7, 11) is 0. The number of allylic oxidation sites excluding steroid dienone is 2. The summed E-state index contributed by atoms with van der Waals surface area (Å²) in [6, 6.07) is 0. The van der Waals surface area contributed by atoms with Gasteiger partial charge in [-0.15, -0.1) is 0 Å². The van der Waals surface area contributed by atoms with E-state index in [9.17, 15) is 4.79 Å². The lowest BCUT2D eigenvalue weighted by Gasteiger charge is -2.15. The standard InChI is InChI=1S/C9H14O/c1-3-6-9(2)7-4-5-8(9)10/h3,6H,4-5,7H2,1-2H3/b6-3+/t9-/m0/s1. The van der Waals surface area contributed by atoms with E-state index in [4.69, 9.17) is 0 Å². The van der Waals surface area contributed by atoms with Gasteiger partial charge in [0, 0.05) is 11.8 Å². The van der Waals surface area contributed by atoms with Gasteiger partial charge in [-0.2, -0.15) is 0 Å². The van der Waals surface area contributed by atoms with E-state index >= 15 is 0 Å². The first-order chi connectivity index (χ1) is 4.69. The van der Waals surface area contributed by atoms with Gasteiger partial charge >= 0.3 is 0 Å². The van der Waals surface area contributed by atoms with E-state index in [0.29, 0.717) is 5.78 Å². The molecule has 0 spiro atoms. The molecule has 1 saturated carbocycles. The first-order valence-electron chi connectivity index (χ1n) is 3.86. The van der Waals surface area contributed by atoms with Crippen LogP contribution in [0.2, 0.25) is 0 Å². The monoisotopic (exact) mass is 138 g/mol. The number of rotatable bonds is 1. The van der Waals surface area contributed by atoms with Crippen molar-refractivity contribution >= 4 is 5.78 Å². The molecule has 0 saturated heterocycles. The number of carbonyl (C=O) groups excluding carboxylic acids is 1. The molecule has 1 aliphatic rings. The Morgan fingerprint density at radius 3 is 2.70 bits per heavy atom. The molecule has 0 N–H and O–H groups in total. The van der Waals surface area contributed by atoms with E-state index in [1.807, 2.05) is 26.0 Å². The zero-order valence-electron chi connectivity index (χ0n) is 6.68. The predicted octanol–water partition coefficient (Wildman–Crippen LogP) is 2.32. The Labute approximate surface area is 62.1 Å². The molecule has 1 fully saturated rings. The minimum Gasteiger partial charge on any atom is -0.299 e. The fourth-order valence-corrected chi connectivity index (χ4v) is 1.59. The normalized spacial score (nSPS) is 34.0. The van der Waals surface area contributed by atoms with Crippen LogP contribution in [0.5, 0.6) is 0 Å². The maximum Gasteiger partial charge on any atom is 0.142 e. The fraction of sp³-hybridized carbons (Fsp3) is 0.667. The second-order valence-electron chi connectivity index (χ2n) is 3.19. The first-order valence-corrected chi connectivity index (χ1v) is 3.86. The van der Waals surface area contributed by atoms with E-state index < -0.39 is 0 Å². The Bertz CT molecular complexity index is 170. The highest BCUT2D eigenvalue weighted by molar-refractivity contribution is 5.88. The van der Waals surface area contributed by atoms with Crippen LogP contribution in [0, 0.1) is 5.41 Å². The molecule has 56 valence electrons. The SMILES string of the molecule is C/C=C/[C@@]1(C)CCCC1=O. The van der Waals surface area contributed by atoms with Crippen molar-refractivity contribution < 1.29 is 4.79 Å². The zero-order valence-corrected chi connectivity index (χ0v) is 6.68. The Balaban J connectivity index is 2.75. The summed E-state index contributed by atoms with van der Waals surface area (Å²) in [4.78, 5) is 11.2. The van der Waals surface area contributed by atoms with Crippen molar-refractivity contribution in [3.63, 3.8) is 0 Å². The third-order valence-corrected chi connectivity index (χ3v) is 2.27. The summed E-state index contributed by atoms with van der Waals surface area (Å²) in [6.45, 7) is 4.00. The molecule has 10 heavy (non-hydrogen) atoms. The number of hydrogen-bond donors (Lipinski definition) is 0. The van der Waals surface area contributed by atoms with Crippen molar-refractivity contribution in [1.82, 2.24) is 0 Å². The molecule has 1 heteroatoms. The lowest BCUT2D eigenvalue weighted by Crippen LogP contribution is -2.17. The molecule has 0 amide bonds. The molecule has 1 rings (SSSR count). The van der Waals surface area contributed by atoms with Crippen molar-refractivity contribution in [2.24, 2.45) is 5.41 Å². The number of hydrogen-bond acceptors (Lipinski definition) is 1. The molecule has 0 aromatic heterocycles. The number of ketones is 1. The first kappa shape index (κ1) is 7.52. The van der Waals surface area contributed by atoms with Crippen LogP contribution in [0.3, 0.4) is 0 Å². The summed E-state index contributed by atoms with van der Waals surface area (Å²) in [6.07, 6.45) is 6.89. The van der Waals surface area contributed by atoms with Crippen LogP contribution in [-0.2, 0) is 4.79 Å². The Morgan fingerprint density at radius 2 is 2.30 bits per heavy atom. The summed E-state index contributed by atoms with van der Waals surface area (Å²) >= 11 is 0. The maximum atomic E-state index is 11.2. The number of Topliss-reactive ketones (excluding diaryl/α,β-unsaturated/α-hetero) is 1. The Kier molecular flexibility index (Phi) is 1.93. The van der Waals surface area contributed by atoms with Gasteiger partial charge in [0.2, 0.25) is 0 Å². The molecular formula is C9H14O. The third-order valence-electron chi connectivity index (χ3n) is 2.27. The summed E-state index contributed by atoms with van der Waals surface area (Å²) in [5.41, 5.74) is -0.116. The van der Waals surface area contributed by atoms with Crippen molar-refractivity contribution in [2.75, 3.05) is 0 Å². The minimum absolute atomic E-state index is 0.116. The minimum atomic E-state index is -0.116. The predicted molar refractivity (Wildman–Crippen MR) is 41.8 cm³/mol. The maximum absolute atomic E-state index is 11.2. The van der Waals surface area contributed by atoms with Gasteiger partial charge in [0.15, 0.2) is 0 Å². The van der Waals surface area contributed by atoms with Crippen molar-refractivity contribution in [2.45, 2.75) is 33.1 Å². The van der Waals surface area contributed by atoms with Gasteiger partial charge in [-0.3, -0.25) is 4.79 Å². The van der Waals surface area contributed by atoms with Gasteiger partial charge in [-0.1, -0.05) is 12.2 Å². The van der Waals surface area contributed by atoms with Gasteiger partial charge in [0.05, 0.1) is 0 Å². The summed E-state index contributed by atoms with van der Waals surface area (Å²) in [5, 5.41) is 0. The summed E-state index contributed by atoms with van der Waals surface area (Å²) < 4.78 is 0. The van der Waals surface area contributed by atoms with Crippen LogP contribution in [0.1, 0.15) is 33.1 Å². The van der Waals surface area contributed by atoms with E-state index in [2.05, 4.69) is 0 Å². The lowest BCUT2D eigenvalue weighted by atomic mass is 9.87. The molecule has 0 aromatic carbocycles. The quantitative estimate of drug-likeness (QED) is 0.508. The summed E-state index contributed by atoms with van der Waals surface area (Å²) in [5.74, 6) is 0.408. The fourth-order valence-electron chi connectivity index (χ4n) is 1.59. The van der Waals surface area contributed by atoms with Crippen molar-refractivity contribution in [3.8, 4) is 0 Å². The van der Waals surface area contributed by atoms with Gasteiger partial charge in [-0.25, -0.2) is 0 Å². The highest BCUT2D eigenvalue weighted by Gasteiger charge is 2.34. The highest BCUT2D eigenvalue weighted by Crippen LogP contribution is 2.35. The van der Waals surface area contributed by atoms with Gasteiger partial charge in [0.1, 0.15) is 5.78 Å². The second-order valence-corrected chi connectivity index (χ2v) is 3.19. The number of carbonyl (C=O) groups is 1. The van der Waals surface area contributed by atoms with Gasteiger partial charge in [-0.05, 0) is 26.7 Å². The van der Waals surface area contributed by atoms with Crippen LogP contribution in [0.4, 0.5) is 0 Å². The van der Waals surface area contributed by atoms with Crippen molar-refractivity contribution in [3.05, 3.63) is 12.2 Å². The Hall–Kier alpha value is -0.590. The average molecular weight is 138 g/mol. The van der Waals surface area contributed by atoms with Crippen molar-refractivity contribution in [1.29, 1.82) is 0 Å². The molecule has 0 aromatic rings. The van der Waals surface area contributed by atoms with E-state index in [-0.39, 0.29) is 5.41 Å². The lowest BCUT2D eigenvalue weighted by molar-refractivity contribution is -0.123. The molecule has 0 radical (unpaired) electrons. The Morgan fingerprint density at radius 1 is 1.60 bits per heavy atom. The van der Waals surface area contributed by atoms with E-state index in [0.717, 1.165) is 19.3 Å². The van der Waals surface area contributed by atoms with Gasteiger partial charge in [0.25, 0.3) is 0 Å². The van der Waals surface area contributed by atoms with Gasteiger partial charge < -0.3 is 0 Å². The molecule has 1 atom stereocenters.